The number of H-pyrrole nitrogens is 2. The maximum atomic E-state index is 12.6. The normalized spacial score (nSPS) is 19.7. The van der Waals surface area contributed by atoms with Crippen molar-refractivity contribution >= 4 is 27.8 Å². The molecular weight excluding hydrogens is 374 g/mol. The molecule has 3 N–H and O–H groups in total. The zero-order valence-corrected chi connectivity index (χ0v) is 17.4. The largest absolute Gasteiger partial charge is 0.466 e. The molecule has 154 valence electrons. The number of rotatable bonds is 5. The van der Waals surface area contributed by atoms with Gasteiger partial charge in [-0.15, -0.1) is 0 Å². The summed E-state index contributed by atoms with van der Waals surface area (Å²) >= 11 is 0. The highest BCUT2D eigenvalue weighted by Gasteiger charge is 2.44. The third-order valence-corrected chi connectivity index (χ3v) is 6.39. The number of carbonyl (C=O) groups is 1. The highest BCUT2D eigenvalue weighted by atomic mass is 16.5. The van der Waals surface area contributed by atoms with Gasteiger partial charge in [-0.05, 0) is 37.5 Å². The number of aromatic amines is 2. The first-order chi connectivity index (χ1) is 14.6. The molecule has 1 aliphatic rings. The van der Waals surface area contributed by atoms with Crippen LogP contribution in [0.15, 0.2) is 54.7 Å². The fourth-order valence-electron chi connectivity index (χ4n) is 5.08. The number of ether oxygens (including phenoxy) is 1. The van der Waals surface area contributed by atoms with Gasteiger partial charge in [0, 0.05) is 45.8 Å². The van der Waals surface area contributed by atoms with Crippen LogP contribution in [0.2, 0.25) is 0 Å². The number of esters is 1. The molecule has 5 nitrogen and oxygen atoms in total. The summed E-state index contributed by atoms with van der Waals surface area (Å²) in [5.74, 6) is -0.398. The lowest BCUT2D eigenvalue weighted by Gasteiger charge is -2.40. The molecule has 2 aromatic heterocycles. The van der Waals surface area contributed by atoms with Gasteiger partial charge in [0.25, 0.3) is 0 Å². The lowest BCUT2D eigenvalue weighted by molar-refractivity contribution is -0.148. The van der Waals surface area contributed by atoms with Crippen LogP contribution in [0.25, 0.3) is 21.8 Å². The van der Waals surface area contributed by atoms with Crippen molar-refractivity contribution in [2.75, 3.05) is 13.2 Å². The summed E-state index contributed by atoms with van der Waals surface area (Å²) < 4.78 is 5.36. The van der Waals surface area contributed by atoms with Crippen molar-refractivity contribution < 1.29 is 9.53 Å². The first kappa shape index (κ1) is 18.9. The van der Waals surface area contributed by atoms with Crippen molar-refractivity contribution in [3.8, 4) is 0 Å². The number of aromatic nitrogens is 2. The van der Waals surface area contributed by atoms with Gasteiger partial charge in [0.15, 0.2) is 0 Å². The number of hydrogen-bond donors (Lipinski definition) is 3. The summed E-state index contributed by atoms with van der Waals surface area (Å²) in [6.07, 6.45) is 3.67. The van der Waals surface area contributed by atoms with E-state index >= 15 is 0 Å². The minimum Gasteiger partial charge on any atom is -0.466 e. The van der Waals surface area contributed by atoms with Gasteiger partial charge < -0.3 is 20.0 Å². The van der Waals surface area contributed by atoms with E-state index in [1.54, 1.807) is 0 Å². The van der Waals surface area contributed by atoms with Gasteiger partial charge in [0.05, 0.1) is 18.1 Å². The van der Waals surface area contributed by atoms with Gasteiger partial charge in [-0.1, -0.05) is 43.3 Å². The Labute approximate surface area is 175 Å². The van der Waals surface area contributed by atoms with E-state index in [1.165, 1.54) is 21.9 Å². The van der Waals surface area contributed by atoms with Crippen molar-refractivity contribution in [1.29, 1.82) is 0 Å². The summed E-state index contributed by atoms with van der Waals surface area (Å²) in [6, 6.07) is 16.8. The number of carbonyl (C=O) groups excluding carboxylic acids is 1. The zero-order valence-electron chi connectivity index (χ0n) is 17.4. The average molecular weight is 402 g/mol. The van der Waals surface area contributed by atoms with Crippen LogP contribution >= 0.6 is 0 Å². The molecule has 5 heteroatoms. The van der Waals surface area contributed by atoms with Crippen LogP contribution in [0.1, 0.15) is 37.1 Å². The Morgan fingerprint density at radius 1 is 1.10 bits per heavy atom. The summed E-state index contributed by atoms with van der Waals surface area (Å²) in [5, 5.41) is 6.25. The highest BCUT2D eigenvalue weighted by molar-refractivity contribution is 5.89. The first-order valence-corrected chi connectivity index (χ1v) is 10.7. The quantitative estimate of drug-likeness (QED) is 0.427. The summed E-state index contributed by atoms with van der Waals surface area (Å²) in [4.78, 5) is 19.7. The molecule has 0 saturated heterocycles. The number of nitrogens with one attached hydrogen (secondary N) is 3. The maximum Gasteiger partial charge on any atom is 0.308 e. The predicted octanol–water partition coefficient (Wildman–Crippen LogP) is 4.63. The van der Waals surface area contributed by atoms with E-state index in [1.807, 2.05) is 19.9 Å². The Bertz CT molecular complexity index is 1220. The van der Waals surface area contributed by atoms with Gasteiger partial charge in [0.1, 0.15) is 0 Å². The van der Waals surface area contributed by atoms with Gasteiger partial charge in [0.2, 0.25) is 0 Å². The zero-order chi connectivity index (χ0) is 20.7. The molecule has 0 fully saturated rings. The molecule has 0 bridgehead atoms. The van der Waals surface area contributed by atoms with E-state index in [-0.39, 0.29) is 11.9 Å². The van der Waals surface area contributed by atoms with Crippen LogP contribution in [-0.4, -0.2) is 29.1 Å². The maximum absolute atomic E-state index is 12.6. The van der Waals surface area contributed by atoms with Crippen LogP contribution in [0.5, 0.6) is 0 Å². The van der Waals surface area contributed by atoms with Crippen LogP contribution in [0.4, 0.5) is 0 Å². The topological polar surface area (TPSA) is 69.9 Å². The summed E-state index contributed by atoms with van der Waals surface area (Å²) in [7, 11) is 0. The van der Waals surface area contributed by atoms with Crippen LogP contribution in [0, 0.1) is 5.92 Å². The second-order valence-corrected chi connectivity index (χ2v) is 8.21. The molecule has 4 aromatic rings. The first-order valence-electron chi connectivity index (χ1n) is 10.7. The van der Waals surface area contributed by atoms with Gasteiger partial charge >= 0.3 is 5.97 Å². The molecule has 1 aliphatic heterocycles. The van der Waals surface area contributed by atoms with Crippen molar-refractivity contribution in [1.82, 2.24) is 15.3 Å². The van der Waals surface area contributed by atoms with Crippen LogP contribution < -0.4 is 5.32 Å². The molecule has 2 aromatic carbocycles. The van der Waals surface area contributed by atoms with E-state index < -0.39 is 5.54 Å². The summed E-state index contributed by atoms with van der Waals surface area (Å²) in [5.41, 5.74) is 5.40. The molecule has 3 heterocycles. The van der Waals surface area contributed by atoms with Crippen molar-refractivity contribution in [2.45, 2.75) is 32.2 Å². The van der Waals surface area contributed by atoms with Crippen molar-refractivity contribution in [2.24, 2.45) is 5.92 Å². The van der Waals surface area contributed by atoms with Crippen LogP contribution in [-0.2, 0) is 21.5 Å². The van der Waals surface area contributed by atoms with E-state index in [4.69, 9.17) is 4.74 Å². The smallest absolute Gasteiger partial charge is 0.308 e. The number of benzene rings is 2. The van der Waals surface area contributed by atoms with Gasteiger partial charge in [-0.25, -0.2) is 0 Å². The van der Waals surface area contributed by atoms with E-state index in [2.05, 4.69) is 63.9 Å². The molecule has 0 saturated carbocycles. The van der Waals surface area contributed by atoms with Gasteiger partial charge in [-0.3, -0.25) is 4.79 Å². The average Bonchev–Trinajstić information content (AvgIpc) is 3.36. The molecule has 2 atom stereocenters. The Hall–Kier alpha value is -3.05. The SMILES string of the molecule is CCOC(=O)C(C)CC1(c2c[nH]c3ccccc23)NCCc2c1[nH]c1ccccc21. The number of hydrogen-bond acceptors (Lipinski definition) is 3. The molecule has 0 spiro atoms. The van der Waals surface area contributed by atoms with Crippen molar-refractivity contribution in [3.63, 3.8) is 0 Å². The number of para-hydroxylation sites is 2. The fourth-order valence-corrected chi connectivity index (χ4v) is 5.08. The lowest BCUT2D eigenvalue weighted by Crippen LogP contribution is -2.50. The Kier molecular flexibility index (Phi) is 4.63. The molecule has 0 radical (unpaired) electrons. The number of fused-ring (bicyclic) bond motifs is 4. The molecule has 0 amide bonds. The van der Waals surface area contributed by atoms with E-state index in [9.17, 15) is 4.79 Å². The molecular formula is C25H27N3O2. The second-order valence-electron chi connectivity index (χ2n) is 8.21. The molecule has 5 rings (SSSR count). The van der Waals surface area contributed by atoms with E-state index in [0.29, 0.717) is 13.0 Å². The Morgan fingerprint density at radius 3 is 2.63 bits per heavy atom. The van der Waals surface area contributed by atoms with E-state index in [0.717, 1.165) is 29.7 Å². The fraction of sp³-hybridized carbons (Fsp3) is 0.320. The minimum atomic E-state index is -0.502. The highest BCUT2D eigenvalue weighted by Crippen LogP contribution is 2.44. The third-order valence-electron chi connectivity index (χ3n) is 6.39. The standard InChI is InChI=1S/C25H27N3O2/c1-3-30-24(29)16(2)14-25(20-15-26-21-10-6-5-9-19(20)21)23-18(12-13-27-25)17-8-4-7-11-22(17)28-23/h4-11,15-16,26-28H,3,12-14H2,1-2H3. The molecule has 0 aliphatic carbocycles. The molecule has 30 heavy (non-hydrogen) atoms. The summed E-state index contributed by atoms with van der Waals surface area (Å²) in [6.45, 7) is 5.07. The Balaban J connectivity index is 1.74. The molecule has 2 unspecified atom stereocenters. The third kappa shape index (κ3) is 2.84. The van der Waals surface area contributed by atoms with Gasteiger partial charge in [-0.2, -0.15) is 0 Å². The predicted molar refractivity (Wildman–Crippen MR) is 119 cm³/mol. The second kappa shape index (κ2) is 7.33. The van der Waals surface area contributed by atoms with Crippen LogP contribution in [0.3, 0.4) is 0 Å². The minimum absolute atomic E-state index is 0.151. The Morgan fingerprint density at radius 2 is 1.83 bits per heavy atom. The monoisotopic (exact) mass is 401 g/mol. The lowest BCUT2D eigenvalue weighted by atomic mass is 9.75. The van der Waals surface area contributed by atoms with Crippen molar-refractivity contribution in [3.05, 3.63) is 71.5 Å².